The van der Waals surface area contributed by atoms with Crippen LogP contribution in [0.5, 0.6) is 0 Å². The van der Waals surface area contributed by atoms with Gasteiger partial charge in [-0.15, -0.1) is 10.2 Å². The molecule has 2 atom stereocenters. The van der Waals surface area contributed by atoms with Gasteiger partial charge in [0.1, 0.15) is 11.0 Å². The molecule has 3 N–H and O–H groups in total. The maximum Gasteiger partial charge on any atom is 0.319 e. The highest BCUT2D eigenvalue weighted by atomic mass is 35.5. The van der Waals surface area contributed by atoms with Crippen LogP contribution in [0.25, 0.3) is 10.6 Å². The highest BCUT2D eigenvalue weighted by Crippen LogP contribution is 2.28. The van der Waals surface area contributed by atoms with Gasteiger partial charge in [-0.1, -0.05) is 67.5 Å². The van der Waals surface area contributed by atoms with E-state index < -0.39 is 12.1 Å². The molecule has 0 aliphatic rings. The van der Waals surface area contributed by atoms with Gasteiger partial charge in [0.05, 0.1) is 0 Å². The van der Waals surface area contributed by atoms with Crippen molar-refractivity contribution in [3.63, 3.8) is 0 Å². The summed E-state index contributed by atoms with van der Waals surface area (Å²) < 4.78 is 0. The number of nitrogens with one attached hydrogen (secondary N) is 3. The predicted molar refractivity (Wildman–Crippen MR) is 130 cm³/mol. The van der Waals surface area contributed by atoms with Crippen molar-refractivity contribution in [3.8, 4) is 10.6 Å². The van der Waals surface area contributed by atoms with Gasteiger partial charge in [0, 0.05) is 16.3 Å². The van der Waals surface area contributed by atoms with E-state index in [2.05, 4.69) is 26.1 Å². The summed E-state index contributed by atoms with van der Waals surface area (Å²) in [5.41, 5.74) is 3.58. The van der Waals surface area contributed by atoms with Gasteiger partial charge in [0.2, 0.25) is 11.0 Å². The molecule has 0 saturated carbocycles. The number of aromatic nitrogens is 2. The maximum atomic E-state index is 13.0. The number of amides is 3. The SMILES string of the molecule is CCC(C)C(NC(=O)Nc1cccc(C)c1C)C(=O)Nc1nnc(-c2cccc(Cl)c2)s1. The summed E-state index contributed by atoms with van der Waals surface area (Å²) in [6, 6.07) is 11.8. The maximum absolute atomic E-state index is 13.0. The van der Waals surface area contributed by atoms with Crippen LogP contribution in [0.4, 0.5) is 15.6 Å². The van der Waals surface area contributed by atoms with Gasteiger partial charge in [-0.2, -0.15) is 0 Å². The topological polar surface area (TPSA) is 96.0 Å². The molecule has 0 spiro atoms. The Morgan fingerprint density at radius 3 is 2.56 bits per heavy atom. The number of carbonyl (C=O) groups is 2. The summed E-state index contributed by atoms with van der Waals surface area (Å²) in [5, 5.41) is 18.2. The van der Waals surface area contributed by atoms with Crippen LogP contribution < -0.4 is 16.0 Å². The molecule has 0 aliphatic carbocycles. The van der Waals surface area contributed by atoms with Gasteiger partial charge in [0.15, 0.2) is 0 Å². The number of benzene rings is 2. The number of hydrogen-bond donors (Lipinski definition) is 3. The average Bonchev–Trinajstić information content (AvgIpc) is 3.23. The zero-order valence-corrected chi connectivity index (χ0v) is 20.0. The number of anilines is 2. The summed E-state index contributed by atoms with van der Waals surface area (Å²) in [5.74, 6) is -0.427. The summed E-state index contributed by atoms with van der Waals surface area (Å²) in [4.78, 5) is 25.6. The first kappa shape index (κ1) is 23.7. The van der Waals surface area contributed by atoms with Gasteiger partial charge >= 0.3 is 6.03 Å². The Labute approximate surface area is 196 Å². The Bertz CT molecular complexity index is 1120. The van der Waals surface area contributed by atoms with Crippen LogP contribution >= 0.6 is 22.9 Å². The fourth-order valence-electron chi connectivity index (χ4n) is 3.08. The fourth-order valence-corrected chi connectivity index (χ4v) is 4.02. The number of hydrogen-bond acceptors (Lipinski definition) is 5. The van der Waals surface area contributed by atoms with Crippen molar-refractivity contribution in [2.75, 3.05) is 10.6 Å². The lowest BCUT2D eigenvalue weighted by Crippen LogP contribution is -2.49. The van der Waals surface area contributed by atoms with Crippen LogP contribution in [0.1, 0.15) is 31.4 Å². The molecule has 0 saturated heterocycles. The Kier molecular flexibility index (Phi) is 7.82. The van der Waals surface area contributed by atoms with Crippen LogP contribution in [0.15, 0.2) is 42.5 Å². The second-order valence-electron chi connectivity index (χ2n) is 7.62. The highest BCUT2D eigenvalue weighted by molar-refractivity contribution is 7.18. The van der Waals surface area contributed by atoms with Crippen LogP contribution in [0.3, 0.4) is 0 Å². The van der Waals surface area contributed by atoms with E-state index in [1.54, 1.807) is 12.1 Å². The van der Waals surface area contributed by atoms with Crippen molar-refractivity contribution in [2.24, 2.45) is 5.92 Å². The zero-order chi connectivity index (χ0) is 23.3. The van der Waals surface area contributed by atoms with Crippen molar-refractivity contribution in [2.45, 2.75) is 40.2 Å². The van der Waals surface area contributed by atoms with Crippen molar-refractivity contribution >= 4 is 45.7 Å². The lowest BCUT2D eigenvalue weighted by molar-refractivity contribution is -0.119. The van der Waals surface area contributed by atoms with E-state index in [1.165, 1.54) is 11.3 Å². The quantitative estimate of drug-likeness (QED) is 0.414. The number of aryl methyl sites for hydroxylation is 1. The first-order chi connectivity index (χ1) is 15.3. The average molecular weight is 472 g/mol. The number of nitrogens with zero attached hydrogens (tertiary/aromatic N) is 2. The first-order valence-electron chi connectivity index (χ1n) is 10.3. The van der Waals surface area contributed by atoms with E-state index in [1.807, 2.05) is 58.0 Å². The smallest absolute Gasteiger partial charge is 0.319 e. The Balaban J connectivity index is 1.70. The third kappa shape index (κ3) is 5.83. The predicted octanol–water partition coefficient (Wildman–Crippen LogP) is 5.65. The molecule has 168 valence electrons. The summed E-state index contributed by atoms with van der Waals surface area (Å²) >= 11 is 7.29. The van der Waals surface area contributed by atoms with Crippen molar-refractivity contribution in [1.82, 2.24) is 15.5 Å². The molecule has 0 aliphatic heterocycles. The molecule has 2 unspecified atom stereocenters. The molecule has 0 bridgehead atoms. The van der Waals surface area contributed by atoms with Gasteiger partial charge in [-0.3, -0.25) is 10.1 Å². The molecule has 7 nitrogen and oxygen atoms in total. The standard InChI is InChI=1S/C23H26ClN5O2S/c1-5-13(2)19(26-22(31)25-18-11-6-8-14(3)15(18)4)20(30)27-23-29-28-21(32-23)16-9-7-10-17(24)12-16/h6-13,19H,5H2,1-4H3,(H2,25,26,31)(H,27,29,30). The fraction of sp³-hybridized carbons (Fsp3) is 0.304. The summed E-state index contributed by atoms with van der Waals surface area (Å²) in [6.45, 7) is 7.81. The van der Waals surface area contributed by atoms with Crippen LogP contribution in [0, 0.1) is 19.8 Å². The van der Waals surface area contributed by atoms with E-state index in [4.69, 9.17) is 11.6 Å². The summed E-state index contributed by atoms with van der Waals surface area (Å²) in [7, 11) is 0. The third-order valence-electron chi connectivity index (χ3n) is 5.36. The second-order valence-corrected chi connectivity index (χ2v) is 9.04. The van der Waals surface area contributed by atoms with E-state index >= 15 is 0 Å². The molecule has 9 heteroatoms. The largest absolute Gasteiger partial charge is 0.326 e. The minimum atomic E-state index is -0.733. The Hall–Kier alpha value is -2.97. The number of halogens is 1. The Morgan fingerprint density at radius 1 is 1.09 bits per heavy atom. The zero-order valence-electron chi connectivity index (χ0n) is 18.4. The third-order valence-corrected chi connectivity index (χ3v) is 6.48. The molecule has 3 rings (SSSR count). The molecule has 1 aromatic heterocycles. The molecule has 2 aromatic carbocycles. The second kappa shape index (κ2) is 10.6. The number of carbonyl (C=O) groups excluding carboxylic acids is 2. The van der Waals surface area contributed by atoms with Gasteiger partial charge in [-0.25, -0.2) is 4.79 Å². The minimum Gasteiger partial charge on any atom is -0.326 e. The van der Waals surface area contributed by atoms with E-state index in [9.17, 15) is 9.59 Å². The number of urea groups is 1. The van der Waals surface area contributed by atoms with Gasteiger partial charge < -0.3 is 10.6 Å². The minimum absolute atomic E-state index is 0.0836. The van der Waals surface area contributed by atoms with Crippen molar-refractivity contribution < 1.29 is 9.59 Å². The molecular formula is C23H26ClN5O2S. The highest BCUT2D eigenvalue weighted by Gasteiger charge is 2.27. The van der Waals surface area contributed by atoms with Crippen LogP contribution in [-0.4, -0.2) is 28.2 Å². The number of rotatable bonds is 7. The van der Waals surface area contributed by atoms with Crippen LogP contribution in [0.2, 0.25) is 5.02 Å². The molecule has 3 aromatic rings. The van der Waals surface area contributed by atoms with Crippen molar-refractivity contribution in [3.05, 3.63) is 58.6 Å². The molecule has 3 amide bonds. The molecular weight excluding hydrogens is 446 g/mol. The van der Waals surface area contributed by atoms with Gasteiger partial charge in [0.25, 0.3) is 0 Å². The van der Waals surface area contributed by atoms with Crippen LogP contribution in [-0.2, 0) is 4.79 Å². The van der Waals surface area contributed by atoms with E-state index in [0.29, 0.717) is 27.3 Å². The molecule has 1 heterocycles. The lowest BCUT2D eigenvalue weighted by atomic mass is 9.98. The Morgan fingerprint density at radius 2 is 1.84 bits per heavy atom. The molecule has 32 heavy (non-hydrogen) atoms. The molecule has 0 radical (unpaired) electrons. The first-order valence-corrected chi connectivity index (χ1v) is 11.5. The molecule has 0 fully saturated rings. The van der Waals surface area contributed by atoms with E-state index in [-0.39, 0.29) is 11.8 Å². The van der Waals surface area contributed by atoms with E-state index in [0.717, 1.165) is 16.7 Å². The monoisotopic (exact) mass is 471 g/mol. The summed E-state index contributed by atoms with van der Waals surface area (Å²) in [6.07, 6.45) is 0.714. The lowest BCUT2D eigenvalue weighted by Gasteiger charge is -2.23. The normalized spacial score (nSPS) is 12.7. The van der Waals surface area contributed by atoms with Gasteiger partial charge in [-0.05, 0) is 49.1 Å². The van der Waals surface area contributed by atoms with Crippen molar-refractivity contribution in [1.29, 1.82) is 0 Å².